The fraction of sp³-hybridized carbons (Fsp3) is 0.200. The molecule has 0 heterocycles. The molecular formula is C15H13BrFNO2S. The third kappa shape index (κ3) is 3.02. The van der Waals surface area contributed by atoms with Gasteiger partial charge in [-0.2, -0.15) is 0 Å². The summed E-state index contributed by atoms with van der Waals surface area (Å²) in [4.78, 5) is -0.318. The van der Waals surface area contributed by atoms with Crippen molar-refractivity contribution in [3.05, 3.63) is 63.9 Å². The van der Waals surface area contributed by atoms with E-state index in [0.717, 1.165) is 17.2 Å². The Morgan fingerprint density at radius 1 is 1.10 bits per heavy atom. The Morgan fingerprint density at radius 2 is 1.71 bits per heavy atom. The summed E-state index contributed by atoms with van der Waals surface area (Å²) in [6, 6.07) is 11.6. The highest BCUT2D eigenvalue weighted by atomic mass is 79.9. The molecule has 0 spiro atoms. The maximum atomic E-state index is 13.8. The Bertz CT molecular complexity index is 767. The van der Waals surface area contributed by atoms with Crippen molar-refractivity contribution in [2.45, 2.75) is 23.8 Å². The standard InChI is InChI=1S/C15H13BrFNO2S/c16-12-5-6-15(14(17)9-12)21(19,20)18-13-7-10-3-1-2-4-11(10)8-13/h1-6,9,13,18H,7-8H2. The first kappa shape index (κ1) is 14.7. The van der Waals surface area contributed by atoms with Gasteiger partial charge in [0, 0.05) is 10.5 Å². The Labute approximate surface area is 131 Å². The van der Waals surface area contributed by atoms with Crippen LogP contribution >= 0.6 is 15.9 Å². The monoisotopic (exact) mass is 369 g/mol. The van der Waals surface area contributed by atoms with Crippen LogP contribution in [-0.4, -0.2) is 14.5 Å². The second kappa shape index (κ2) is 5.51. The van der Waals surface area contributed by atoms with Gasteiger partial charge in [-0.05, 0) is 42.2 Å². The van der Waals surface area contributed by atoms with E-state index in [9.17, 15) is 12.8 Å². The zero-order valence-electron chi connectivity index (χ0n) is 11.0. The number of rotatable bonds is 3. The van der Waals surface area contributed by atoms with Gasteiger partial charge in [0.15, 0.2) is 0 Å². The van der Waals surface area contributed by atoms with Crippen molar-refractivity contribution in [3.8, 4) is 0 Å². The Hall–Kier alpha value is -1.24. The van der Waals surface area contributed by atoms with Crippen molar-refractivity contribution in [2.75, 3.05) is 0 Å². The predicted molar refractivity (Wildman–Crippen MR) is 82.1 cm³/mol. The lowest BCUT2D eigenvalue weighted by atomic mass is 10.1. The maximum absolute atomic E-state index is 13.8. The van der Waals surface area contributed by atoms with E-state index >= 15 is 0 Å². The Balaban J connectivity index is 1.82. The first-order chi connectivity index (χ1) is 9.95. The maximum Gasteiger partial charge on any atom is 0.243 e. The molecule has 21 heavy (non-hydrogen) atoms. The molecule has 3 rings (SSSR count). The van der Waals surface area contributed by atoms with Gasteiger partial charge in [-0.1, -0.05) is 40.2 Å². The van der Waals surface area contributed by atoms with Crippen LogP contribution in [0, 0.1) is 5.82 Å². The van der Waals surface area contributed by atoms with Crippen molar-refractivity contribution >= 4 is 26.0 Å². The van der Waals surface area contributed by atoms with Gasteiger partial charge in [0.25, 0.3) is 0 Å². The van der Waals surface area contributed by atoms with E-state index in [1.165, 1.54) is 12.1 Å². The van der Waals surface area contributed by atoms with Gasteiger partial charge in [0.2, 0.25) is 10.0 Å². The molecular weight excluding hydrogens is 357 g/mol. The van der Waals surface area contributed by atoms with E-state index in [2.05, 4.69) is 20.7 Å². The highest BCUT2D eigenvalue weighted by Crippen LogP contribution is 2.24. The van der Waals surface area contributed by atoms with E-state index in [1.54, 1.807) is 0 Å². The smallest absolute Gasteiger partial charge is 0.207 e. The minimum atomic E-state index is -3.85. The van der Waals surface area contributed by atoms with Gasteiger partial charge in [-0.15, -0.1) is 0 Å². The Morgan fingerprint density at radius 3 is 2.29 bits per heavy atom. The number of hydrogen-bond donors (Lipinski definition) is 1. The molecule has 0 bridgehead atoms. The van der Waals surface area contributed by atoms with Crippen LogP contribution in [0.5, 0.6) is 0 Å². The summed E-state index contributed by atoms with van der Waals surface area (Å²) in [6.07, 6.45) is 1.26. The predicted octanol–water partition coefficient (Wildman–Crippen LogP) is 3.03. The summed E-state index contributed by atoms with van der Waals surface area (Å²) in [5.74, 6) is -0.757. The topological polar surface area (TPSA) is 46.2 Å². The zero-order chi connectivity index (χ0) is 15.0. The summed E-state index contributed by atoms with van der Waals surface area (Å²) in [5, 5.41) is 0. The van der Waals surface area contributed by atoms with Gasteiger partial charge in [0.1, 0.15) is 10.7 Å². The molecule has 2 aromatic rings. The van der Waals surface area contributed by atoms with E-state index < -0.39 is 15.8 Å². The molecule has 0 radical (unpaired) electrons. The summed E-state index contributed by atoms with van der Waals surface area (Å²) in [6.45, 7) is 0. The molecule has 0 atom stereocenters. The van der Waals surface area contributed by atoms with Crippen molar-refractivity contribution in [3.63, 3.8) is 0 Å². The van der Waals surface area contributed by atoms with Crippen LogP contribution < -0.4 is 4.72 Å². The SMILES string of the molecule is O=S(=O)(NC1Cc2ccccc2C1)c1ccc(Br)cc1F. The summed E-state index contributed by atoms with van der Waals surface area (Å²) in [5.41, 5.74) is 2.28. The van der Waals surface area contributed by atoms with Gasteiger partial charge < -0.3 is 0 Å². The van der Waals surface area contributed by atoms with Crippen LogP contribution in [0.15, 0.2) is 51.8 Å². The lowest BCUT2D eigenvalue weighted by molar-refractivity contribution is 0.539. The molecule has 0 unspecified atom stereocenters. The van der Waals surface area contributed by atoms with Crippen LogP contribution in [0.3, 0.4) is 0 Å². The number of sulfonamides is 1. The normalized spacial score (nSPS) is 15.1. The molecule has 0 saturated carbocycles. The van der Waals surface area contributed by atoms with Crippen LogP contribution in [0.25, 0.3) is 0 Å². The van der Waals surface area contributed by atoms with E-state index in [-0.39, 0.29) is 10.9 Å². The lowest BCUT2D eigenvalue weighted by Gasteiger charge is -2.13. The Kier molecular flexibility index (Phi) is 3.86. The molecule has 1 aliphatic carbocycles. The molecule has 0 saturated heterocycles. The zero-order valence-corrected chi connectivity index (χ0v) is 13.4. The van der Waals surface area contributed by atoms with Crippen LogP contribution in [0.1, 0.15) is 11.1 Å². The van der Waals surface area contributed by atoms with E-state index in [0.29, 0.717) is 17.3 Å². The fourth-order valence-corrected chi connectivity index (χ4v) is 4.25. The number of nitrogens with one attached hydrogen (secondary N) is 1. The first-order valence-corrected chi connectivity index (χ1v) is 8.77. The largest absolute Gasteiger partial charge is 0.243 e. The number of halogens is 2. The molecule has 0 aliphatic heterocycles. The molecule has 1 aliphatic rings. The van der Waals surface area contributed by atoms with Gasteiger partial charge in [0.05, 0.1) is 0 Å². The molecule has 3 nitrogen and oxygen atoms in total. The van der Waals surface area contributed by atoms with E-state index in [1.807, 2.05) is 24.3 Å². The van der Waals surface area contributed by atoms with Crippen molar-refractivity contribution in [1.29, 1.82) is 0 Å². The third-order valence-electron chi connectivity index (χ3n) is 3.56. The van der Waals surface area contributed by atoms with Crippen LogP contribution in [0.2, 0.25) is 0 Å². The highest BCUT2D eigenvalue weighted by molar-refractivity contribution is 9.10. The van der Waals surface area contributed by atoms with Crippen molar-refractivity contribution in [1.82, 2.24) is 4.72 Å². The minimum Gasteiger partial charge on any atom is -0.207 e. The molecule has 0 amide bonds. The van der Waals surface area contributed by atoms with Crippen LogP contribution in [-0.2, 0) is 22.9 Å². The van der Waals surface area contributed by atoms with Crippen molar-refractivity contribution in [2.24, 2.45) is 0 Å². The molecule has 0 fully saturated rings. The second-order valence-electron chi connectivity index (χ2n) is 5.07. The highest BCUT2D eigenvalue weighted by Gasteiger charge is 2.27. The van der Waals surface area contributed by atoms with Gasteiger partial charge in [-0.3, -0.25) is 0 Å². The molecule has 110 valence electrons. The third-order valence-corrected chi connectivity index (χ3v) is 5.60. The number of fused-ring (bicyclic) bond motifs is 1. The number of hydrogen-bond acceptors (Lipinski definition) is 2. The van der Waals surface area contributed by atoms with Crippen molar-refractivity contribution < 1.29 is 12.8 Å². The molecule has 0 aromatic heterocycles. The average Bonchev–Trinajstić information content (AvgIpc) is 2.79. The average molecular weight is 370 g/mol. The fourth-order valence-electron chi connectivity index (χ4n) is 2.62. The minimum absolute atomic E-state index is 0.226. The second-order valence-corrected chi connectivity index (χ2v) is 7.67. The summed E-state index contributed by atoms with van der Waals surface area (Å²) >= 11 is 3.12. The lowest BCUT2D eigenvalue weighted by Crippen LogP contribution is -2.35. The van der Waals surface area contributed by atoms with E-state index in [4.69, 9.17) is 0 Å². The number of benzene rings is 2. The van der Waals surface area contributed by atoms with Gasteiger partial charge in [-0.25, -0.2) is 17.5 Å². The summed E-state index contributed by atoms with van der Waals surface area (Å²) < 4.78 is 41.5. The van der Waals surface area contributed by atoms with Crippen LogP contribution in [0.4, 0.5) is 4.39 Å². The first-order valence-electron chi connectivity index (χ1n) is 6.50. The van der Waals surface area contributed by atoms with Gasteiger partial charge >= 0.3 is 0 Å². The quantitative estimate of drug-likeness (QED) is 0.903. The molecule has 6 heteroatoms. The summed E-state index contributed by atoms with van der Waals surface area (Å²) in [7, 11) is -3.85. The molecule has 2 aromatic carbocycles. The molecule has 1 N–H and O–H groups in total.